The largest absolute Gasteiger partial charge is 0.489 e. The van der Waals surface area contributed by atoms with Gasteiger partial charge in [-0.05, 0) is 37.6 Å². The number of aryl methyl sites for hydroxylation is 1. The molecule has 1 aromatic carbocycles. The first-order valence-electron chi connectivity index (χ1n) is 8.39. The Labute approximate surface area is 171 Å². The highest BCUT2D eigenvalue weighted by Gasteiger charge is 2.08. The van der Waals surface area contributed by atoms with Crippen LogP contribution in [0.15, 0.2) is 47.6 Å². The average Bonchev–Trinajstić information content (AvgIpc) is 2.61. The number of halogens is 2. The molecule has 0 atom stereocenters. The van der Waals surface area contributed by atoms with E-state index in [4.69, 9.17) is 4.74 Å². The fourth-order valence-corrected chi connectivity index (χ4v) is 2.26. The third kappa shape index (κ3) is 6.78. The highest BCUT2D eigenvalue weighted by Crippen LogP contribution is 2.15. The van der Waals surface area contributed by atoms with Crippen molar-refractivity contribution in [2.45, 2.75) is 20.4 Å². The number of aliphatic imine (C=N–C) groups is 1. The molecule has 0 radical (unpaired) electrons. The number of likely N-dealkylation sites (N-methyl/N-ethyl adjacent to an activating group) is 1. The van der Waals surface area contributed by atoms with Gasteiger partial charge in [-0.25, -0.2) is 9.38 Å². The second kappa shape index (κ2) is 11.7. The Morgan fingerprint density at radius 1 is 1.27 bits per heavy atom. The lowest BCUT2D eigenvalue weighted by molar-refractivity contribution is 0.270. The van der Waals surface area contributed by atoms with Crippen LogP contribution in [-0.4, -0.2) is 42.6 Å². The molecule has 0 bridgehead atoms. The molecule has 0 fully saturated rings. The molecule has 0 aliphatic heterocycles. The maximum absolute atomic E-state index is 13.6. The molecule has 5 nitrogen and oxygen atoms in total. The van der Waals surface area contributed by atoms with Crippen LogP contribution in [0.4, 0.5) is 4.39 Å². The van der Waals surface area contributed by atoms with E-state index in [2.05, 4.69) is 15.3 Å². The number of guanidine groups is 1. The van der Waals surface area contributed by atoms with Crippen molar-refractivity contribution >= 4 is 29.9 Å². The van der Waals surface area contributed by atoms with E-state index in [1.807, 2.05) is 37.9 Å². The van der Waals surface area contributed by atoms with Crippen molar-refractivity contribution < 1.29 is 9.13 Å². The van der Waals surface area contributed by atoms with E-state index in [9.17, 15) is 4.39 Å². The summed E-state index contributed by atoms with van der Waals surface area (Å²) in [6.45, 7) is 6.26. The van der Waals surface area contributed by atoms with Gasteiger partial charge in [0.25, 0.3) is 0 Å². The third-order valence-corrected chi connectivity index (χ3v) is 3.71. The lowest BCUT2D eigenvalue weighted by atomic mass is 10.2. The molecule has 0 aliphatic carbocycles. The number of ether oxygens (including phenoxy) is 1. The number of nitrogens with one attached hydrogen (secondary N) is 1. The summed E-state index contributed by atoms with van der Waals surface area (Å²) >= 11 is 0. The summed E-state index contributed by atoms with van der Waals surface area (Å²) in [7, 11) is 1.93. The van der Waals surface area contributed by atoms with Gasteiger partial charge in [0.1, 0.15) is 6.61 Å². The number of rotatable bonds is 7. The third-order valence-electron chi connectivity index (χ3n) is 3.71. The summed E-state index contributed by atoms with van der Waals surface area (Å²) in [5.74, 6) is 0.683. The molecule has 1 aromatic heterocycles. The maximum Gasteiger partial charge on any atom is 0.194 e. The molecule has 0 spiro atoms. The van der Waals surface area contributed by atoms with E-state index >= 15 is 0 Å². The quantitative estimate of drug-likeness (QED) is 0.380. The molecule has 0 aliphatic rings. The van der Waals surface area contributed by atoms with Gasteiger partial charge in [0.05, 0.1) is 18.8 Å². The second-order valence-electron chi connectivity index (χ2n) is 5.64. The molecule has 2 rings (SSSR count). The first-order valence-corrected chi connectivity index (χ1v) is 8.39. The number of pyridine rings is 1. The lowest BCUT2D eigenvalue weighted by Crippen LogP contribution is -2.40. The Kier molecular flexibility index (Phi) is 9.93. The van der Waals surface area contributed by atoms with E-state index in [1.54, 1.807) is 24.4 Å². The first-order chi connectivity index (χ1) is 12.1. The molecule has 0 unspecified atom stereocenters. The molecular weight excluding hydrogens is 446 g/mol. The highest BCUT2D eigenvalue weighted by atomic mass is 127. The lowest BCUT2D eigenvalue weighted by Gasteiger charge is -2.22. The van der Waals surface area contributed by atoms with E-state index in [1.165, 1.54) is 6.07 Å². The van der Waals surface area contributed by atoms with Crippen LogP contribution in [0, 0.1) is 12.7 Å². The van der Waals surface area contributed by atoms with Gasteiger partial charge >= 0.3 is 0 Å². The van der Waals surface area contributed by atoms with Gasteiger partial charge in [0.15, 0.2) is 17.5 Å². The zero-order valence-electron chi connectivity index (χ0n) is 15.4. The van der Waals surface area contributed by atoms with Gasteiger partial charge in [0.2, 0.25) is 0 Å². The van der Waals surface area contributed by atoms with E-state index in [0.29, 0.717) is 19.7 Å². The Morgan fingerprint density at radius 3 is 2.73 bits per heavy atom. The van der Waals surface area contributed by atoms with Crippen molar-refractivity contribution in [3.05, 3.63) is 59.7 Å². The Hall–Kier alpha value is -1.90. The predicted molar refractivity (Wildman–Crippen MR) is 114 cm³/mol. The molecule has 1 heterocycles. The number of aromatic nitrogens is 1. The fourth-order valence-electron chi connectivity index (χ4n) is 2.26. The number of para-hydroxylation sites is 1. The summed E-state index contributed by atoms with van der Waals surface area (Å²) < 4.78 is 19.1. The van der Waals surface area contributed by atoms with Crippen molar-refractivity contribution in [2.75, 3.05) is 26.7 Å². The summed E-state index contributed by atoms with van der Waals surface area (Å²) in [6, 6.07) is 10.3. The molecule has 7 heteroatoms. The highest BCUT2D eigenvalue weighted by molar-refractivity contribution is 14.0. The normalized spacial score (nSPS) is 10.8. The minimum atomic E-state index is -0.351. The Bertz CT molecular complexity index is 711. The molecule has 0 saturated heterocycles. The molecule has 2 aromatic rings. The molecule has 1 N–H and O–H groups in total. The van der Waals surface area contributed by atoms with Crippen LogP contribution < -0.4 is 10.1 Å². The second-order valence-corrected chi connectivity index (χ2v) is 5.64. The SMILES string of the molecule is CCNC(=NCc1ncccc1C)N(C)CCOc1ccccc1F.I. The monoisotopic (exact) mass is 472 g/mol. The van der Waals surface area contributed by atoms with Crippen LogP contribution in [0.25, 0.3) is 0 Å². The summed E-state index contributed by atoms with van der Waals surface area (Å²) in [4.78, 5) is 10.9. The van der Waals surface area contributed by atoms with E-state index in [-0.39, 0.29) is 35.5 Å². The fraction of sp³-hybridized carbons (Fsp3) is 0.368. The number of benzene rings is 1. The summed E-state index contributed by atoms with van der Waals surface area (Å²) in [5, 5.41) is 3.25. The summed E-state index contributed by atoms with van der Waals surface area (Å²) in [6.07, 6.45) is 1.77. The average molecular weight is 472 g/mol. The van der Waals surface area contributed by atoms with Gasteiger partial charge < -0.3 is 15.0 Å². The van der Waals surface area contributed by atoms with Crippen molar-refractivity contribution in [3.8, 4) is 5.75 Å². The van der Waals surface area contributed by atoms with Gasteiger partial charge in [-0.2, -0.15) is 0 Å². The van der Waals surface area contributed by atoms with E-state index < -0.39 is 0 Å². The zero-order valence-corrected chi connectivity index (χ0v) is 17.7. The maximum atomic E-state index is 13.6. The zero-order chi connectivity index (χ0) is 18.1. The van der Waals surface area contributed by atoms with Gasteiger partial charge in [-0.3, -0.25) is 4.98 Å². The van der Waals surface area contributed by atoms with Crippen LogP contribution in [0.1, 0.15) is 18.2 Å². The van der Waals surface area contributed by atoms with Gasteiger partial charge in [-0.15, -0.1) is 24.0 Å². The van der Waals surface area contributed by atoms with Crippen molar-refractivity contribution in [1.82, 2.24) is 15.2 Å². The molecule has 26 heavy (non-hydrogen) atoms. The number of hydrogen-bond acceptors (Lipinski definition) is 3. The van der Waals surface area contributed by atoms with E-state index in [0.717, 1.165) is 23.8 Å². The van der Waals surface area contributed by atoms with Crippen LogP contribution >= 0.6 is 24.0 Å². The molecule has 0 saturated carbocycles. The predicted octanol–water partition coefficient (Wildman–Crippen LogP) is 3.62. The topological polar surface area (TPSA) is 49.8 Å². The van der Waals surface area contributed by atoms with Gasteiger partial charge in [0, 0.05) is 19.8 Å². The Morgan fingerprint density at radius 2 is 2.04 bits per heavy atom. The van der Waals surface area contributed by atoms with Crippen molar-refractivity contribution in [1.29, 1.82) is 0 Å². The standard InChI is InChI=1S/C19H25FN4O.HI/c1-4-21-19(23-14-17-15(2)8-7-11-22-17)24(3)12-13-25-18-10-6-5-9-16(18)20;/h5-11H,4,12-14H2,1-3H3,(H,21,23);1H. The van der Waals surface area contributed by atoms with Crippen LogP contribution in [0.2, 0.25) is 0 Å². The number of nitrogens with zero attached hydrogens (tertiary/aromatic N) is 3. The van der Waals surface area contributed by atoms with Crippen LogP contribution in [0.5, 0.6) is 5.75 Å². The first kappa shape index (κ1) is 22.1. The Balaban J connectivity index is 0.00000338. The summed E-state index contributed by atoms with van der Waals surface area (Å²) in [5.41, 5.74) is 2.07. The minimum Gasteiger partial charge on any atom is -0.489 e. The van der Waals surface area contributed by atoms with Gasteiger partial charge in [-0.1, -0.05) is 18.2 Å². The van der Waals surface area contributed by atoms with Crippen LogP contribution in [-0.2, 0) is 6.54 Å². The number of hydrogen-bond donors (Lipinski definition) is 1. The molecule has 142 valence electrons. The van der Waals surface area contributed by atoms with Crippen LogP contribution in [0.3, 0.4) is 0 Å². The van der Waals surface area contributed by atoms with Crippen molar-refractivity contribution in [2.24, 2.45) is 4.99 Å². The van der Waals surface area contributed by atoms with Crippen molar-refractivity contribution in [3.63, 3.8) is 0 Å². The molecule has 0 amide bonds. The smallest absolute Gasteiger partial charge is 0.194 e. The molecular formula is C19H26FIN4O. The minimum absolute atomic E-state index is 0.